The summed E-state index contributed by atoms with van der Waals surface area (Å²) in [6.45, 7) is -0.0226. The number of hydrogen-bond acceptors (Lipinski definition) is 3. The second-order valence-electron chi connectivity index (χ2n) is 5.57. The van der Waals surface area contributed by atoms with E-state index in [0.717, 1.165) is 13.1 Å². The van der Waals surface area contributed by atoms with Crippen LogP contribution in [0.3, 0.4) is 0 Å². The predicted octanol–water partition coefficient (Wildman–Crippen LogP) is 3.28. The summed E-state index contributed by atoms with van der Waals surface area (Å²) in [5.41, 5.74) is 0.137. The number of carbonyl (C=O) groups is 1. The van der Waals surface area contributed by atoms with E-state index in [1.807, 2.05) is 0 Å². The summed E-state index contributed by atoms with van der Waals surface area (Å²) in [6.07, 6.45) is -9.39. The first-order valence-corrected chi connectivity index (χ1v) is 8.08. The van der Waals surface area contributed by atoms with Gasteiger partial charge in [0, 0.05) is 19.2 Å². The number of amides is 1. The number of halogens is 7. The first-order valence-electron chi connectivity index (χ1n) is 8.08. The average molecular weight is 542 g/mol. The molecule has 0 bridgehead atoms. The molecule has 1 aromatic carbocycles. The Morgan fingerprint density at radius 1 is 1.14 bits per heavy atom. The number of rotatable bonds is 7. The number of para-hydroxylation sites is 1. The average Bonchev–Trinajstić information content (AvgIpc) is 2.55. The van der Waals surface area contributed by atoms with Crippen LogP contribution in [-0.2, 0) is 11.3 Å². The van der Waals surface area contributed by atoms with Crippen LogP contribution in [0, 0.1) is 0 Å². The second kappa shape index (κ2) is 11.9. The van der Waals surface area contributed by atoms with Crippen LogP contribution < -0.4 is 15.4 Å². The Hall–Kier alpha value is -1.93. The van der Waals surface area contributed by atoms with E-state index in [4.69, 9.17) is 0 Å². The van der Waals surface area contributed by atoms with Crippen molar-refractivity contribution < 1.29 is 35.9 Å². The molecule has 2 N–H and O–H groups in total. The molecular weight excluding hydrogens is 521 g/mol. The van der Waals surface area contributed by atoms with Crippen LogP contribution in [0.5, 0.6) is 5.75 Å². The molecule has 1 aromatic rings. The van der Waals surface area contributed by atoms with Gasteiger partial charge in [0.25, 0.3) is 0 Å². The summed E-state index contributed by atoms with van der Waals surface area (Å²) in [5.74, 6) is -1.20. The molecule has 0 saturated heterocycles. The summed E-state index contributed by atoms with van der Waals surface area (Å²) in [6, 6.07) is 5.39. The molecule has 6 nitrogen and oxygen atoms in total. The number of likely N-dealkylation sites (N-methyl/N-ethyl adjacent to an activating group) is 1. The summed E-state index contributed by atoms with van der Waals surface area (Å²) in [7, 11) is 1.01. The molecule has 1 rings (SSSR count). The van der Waals surface area contributed by atoms with Crippen molar-refractivity contribution >= 4 is 35.8 Å². The van der Waals surface area contributed by atoms with Crippen LogP contribution >= 0.6 is 24.0 Å². The fourth-order valence-corrected chi connectivity index (χ4v) is 2.02. The molecule has 29 heavy (non-hydrogen) atoms. The van der Waals surface area contributed by atoms with Gasteiger partial charge in [-0.05, 0) is 13.0 Å². The highest BCUT2D eigenvalue weighted by Gasteiger charge is 2.32. The lowest BCUT2D eigenvalue weighted by Gasteiger charge is -2.20. The van der Waals surface area contributed by atoms with Gasteiger partial charge >= 0.3 is 12.5 Å². The van der Waals surface area contributed by atoms with E-state index in [2.05, 4.69) is 20.4 Å². The van der Waals surface area contributed by atoms with Crippen LogP contribution in [0.2, 0.25) is 0 Å². The van der Waals surface area contributed by atoms with Crippen LogP contribution in [-0.4, -0.2) is 56.0 Å². The number of alkyl halides is 6. The molecule has 0 radical (unpaired) electrons. The highest BCUT2D eigenvalue weighted by Crippen LogP contribution is 2.26. The molecule has 0 spiro atoms. The number of benzene rings is 1. The predicted molar refractivity (Wildman–Crippen MR) is 105 cm³/mol. The van der Waals surface area contributed by atoms with E-state index in [9.17, 15) is 31.1 Å². The van der Waals surface area contributed by atoms with Gasteiger partial charge in [-0.15, -0.1) is 37.1 Å². The number of guanidine groups is 1. The van der Waals surface area contributed by atoms with Gasteiger partial charge in [-0.25, -0.2) is 4.99 Å². The Kier molecular flexibility index (Phi) is 11.1. The lowest BCUT2D eigenvalue weighted by atomic mass is 10.2. The molecule has 1 amide bonds. The fourth-order valence-electron chi connectivity index (χ4n) is 2.02. The lowest BCUT2D eigenvalue weighted by molar-refractivity contribution is -0.274. The maximum absolute atomic E-state index is 12.4. The molecule has 0 aliphatic heterocycles. The van der Waals surface area contributed by atoms with Gasteiger partial charge in [0.2, 0.25) is 5.91 Å². The van der Waals surface area contributed by atoms with Crippen LogP contribution in [0.15, 0.2) is 29.3 Å². The normalized spacial score (nSPS) is 12.1. The first kappa shape index (κ1) is 27.1. The fraction of sp³-hybridized carbons (Fsp3) is 0.500. The van der Waals surface area contributed by atoms with Crippen molar-refractivity contribution in [3.05, 3.63) is 29.8 Å². The highest BCUT2D eigenvalue weighted by atomic mass is 127. The SMILES string of the molecule is CCNC(=NCc1ccccc1OC(F)(F)F)NCC(=O)N(C)CC(F)(F)F.I. The van der Waals surface area contributed by atoms with E-state index in [-0.39, 0.29) is 42.0 Å². The maximum atomic E-state index is 12.4. The third kappa shape index (κ3) is 11.6. The monoisotopic (exact) mass is 542 g/mol. The van der Waals surface area contributed by atoms with E-state index in [0.29, 0.717) is 11.4 Å². The molecule has 0 heterocycles. The molecule has 0 aliphatic rings. The molecule has 166 valence electrons. The molecule has 0 atom stereocenters. The van der Waals surface area contributed by atoms with Gasteiger partial charge in [-0.2, -0.15) is 13.2 Å². The van der Waals surface area contributed by atoms with Gasteiger partial charge in [-0.3, -0.25) is 4.79 Å². The van der Waals surface area contributed by atoms with Crippen molar-refractivity contribution in [1.29, 1.82) is 0 Å². The third-order valence-corrected chi connectivity index (χ3v) is 3.20. The molecular formula is C16H21F6IN4O2. The molecule has 0 aromatic heterocycles. The highest BCUT2D eigenvalue weighted by molar-refractivity contribution is 14.0. The third-order valence-electron chi connectivity index (χ3n) is 3.20. The first-order chi connectivity index (χ1) is 12.9. The van der Waals surface area contributed by atoms with Gasteiger partial charge in [0.15, 0.2) is 5.96 Å². The number of nitrogens with zero attached hydrogens (tertiary/aromatic N) is 2. The second-order valence-corrected chi connectivity index (χ2v) is 5.57. The number of hydrogen-bond donors (Lipinski definition) is 2. The number of carbonyl (C=O) groups excluding carboxylic acids is 1. The topological polar surface area (TPSA) is 66.0 Å². The van der Waals surface area contributed by atoms with Crippen molar-refractivity contribution in [2.75, 3.05) is 26.7 Å². The van der Waals surface area contributed by atoms with Gasteiger partial charge in [0.1, 0.15) is 12.3 Å². The number of ether oxygens (including phenoxy) is 1. The summed E-state index contributed by atoms with van der Waals surface area (Å²) >= 11 is 0. The number of aliphatic imine (C=N–C) groups is 1. The minimum atomic E-state index is -4.86. The van der Waals surface area contributed by atoms with Crippen LogP contribution in [0.25, 0.3) is 0 Å². The van der Waals surface area contributed by atoms with Crippen molar-refractivity contribution in [2.45, 2.75) is 26.0 Å². The summed E-state index contributed by atoms with van der Waals surface area (Å²) < 4.78 is 78.2. The Morgan fingerprint density at radius 2 is 1.76 bits per heavy atom. The van der Waals surface area contributed by atoms with E-state index in [1.54, 1.807) is 6.92 Å². The molecule has 0 fully saturated rings. The lowest BCUT2D eigenvalue weighted by Crippen LogP contribution is -2.45. The van der Waals surface area contributed by atoms with Crippen molar-refractivity contribution in [1.82, 2.24) is 15.5 Å². The van der Waals surface area contributed by atoms with Crippen molar-refractivity contribution in [2.24, 2.45) is 4.99 Å². The van der Waals surface area contributed by atoms with Crippen molar-refractivity contribution in [3.8, 4) is 5.75 Å². The largest absolute Gasteiger partial charge is 0.573 e. The van der Waals surface area contributed by atoms with Crippen LogP contribution in [0.1, 0.15) is 12.5 Å². The summed E-state index contributed by atoms with van der Waals surface area (Å²) in [4.78, 5) is 16.3. The van der Waals surface area contributed by atoms with E-state index in [1.165, 1.54) is 18.2 Å². The standard InChI is InChI=1S/C16H20F6N4O2.HI/c1-3-23-14(25-9-13(27)26(2)10-15(17,18)19)24-8-11-6-4-5-7-12(11)28-16(20,21)22;/h4-7H,3,8-10H2,1-2H3,(H2,23,24,25);1H. The van der Waals surface area contributed by atoms with E-state index < -0.39 is 37.3 Å². The van der Waals surface area contributed by atoms with Gasteiger partial charge < -0.3 is 20.3 Å². The zero-order valence-electron chi connectivity index (χ0n) is 15.5. The van der Waals surface area contributed by atoms with Gasteiger partial charge in [-0.1, -0.05) is 18.2 Å². The Bertz CT molecular complexity index is 682. The zero-order chi connectivity index (χ0) is 21.4. The quantitative estimate of drug-likeness (QED) is 0.241. The number of nitrogens with one attached hydrogen (secondary N) is 2. The minimum absolute atomic E-state index is 0. The van der Waals surface area contributed by atoms with Gasteiger partial charge in [0.05, 0.1) is 13.1 Å². The smallest absolute Gasteiger partial charge is 0.405 e. The van der Waals surface area contributed by atoms with Crippen LogP contribution in [0.4, 0.5) is 26.3 Å². The minimum Gasteiger partial charge on any atom is -0.405 e. The maximum Gasteiger partial charge on any atom is 0.573 e. The molecule has 0 saturated carbocycles. The van der Waals surface area contributed by atoms with Crippen molar-refractivity contribution in [3.63, 3.8) is 0 Å². The Balaban J connectivity index is 0.00000784. The molecule has 13 heteroatoms. The Morgan fingerprint density at radius 3 is 2.31 bits per heavy atom. The van der Waals surface area contributed by atoms with E-state index >= 15 is 0 Å². The summed E-state index contributed by atoms with van der Waals surface area (Å²) in [5, 5.41) is 5.29. The zero-order valence-corrected chi connectivity index (χ0v) is 17.9. The Labute approximate surface area is 180 Å². The molecule has 0 aliphatic carbocycles. The molecule has 0 unspecified atom stereocenters.